The minimum Gasteiger partial charge on any atom is -0.466 e. The summed E-state index contributed by atoms with van der Waals surface area (Å²) in [4.78, 5) is 14.8. The van der Waals surface area contributed by atoms with E-state index < -0.39 is 18.1 Å². The van der Waals surface area contributed by atoms with E-state index in [9.17, 15) is 13.6 Å². The number of carbonyl (C=O) groups excluding carboxylic acids is 1. The van der Waals surface area contributed by atoms with Crippen LogP contribution in [-0.4, -0.2) is 17.6 Å². The number of nitrogens with zero attached hydrogens (tertiary/aromatic N) is 1. The molecule has 0 amide bonds. The summed E-state index contributed by atoms with van der Waals surface area (Å²) in [7, 11) is 0. The van der Waals surface area contributed by atoms with Gasteiger partial charge in [0.1, 0.15) is 5.69 Å². The Hall–Kier alpha value is -1.92. The van der Waals surface area contributed by atoms with Crippen molar-refractivity contribution in [1.29, 1.82) is 0 Å². The van der Waals surface area contributed by atoms with Gasteiger partial charge < -0.3 is 16.2 Å². The molecule has 1 rings (SSSR count). The molecule has 7 heteroatoms. The van der Waals surface area contributed by atoms with Gasteiger partial charge in [0.15, 0.2) is 0 Å². The van der Waals surface area contributed by atoms with Gasteiger partial charge in [-0.2, -0.15) is 0 Å². The van der Waals surface area contributed by atoms with Crippen LogP contribution in [0.1, 0.15) is 24.7 Å². The highest BCUT2D eigenvalue weighted by Crippen LogP contribution is 2.25. The fourth-order valence-corrected chi connectivity index (χ4v) is 1.25. The molecule has 0 radical (unpaired) electrons. The normalized spacial score (nSPS) is 10.6. The fourth-order valence-electron chi connectivity index (χ4n) is 1.25. The van der Waals surface area contributed by atoms with E-state index in [0.717, 1.165) is 6.07 Å². The topological polar surface area (TPSA) is 91.2 Å². The van der Waals surface area contributed by atoms with Crippen molar-refractivity contribution in [3.8, 4) is 0 Å². The second-order valence-corrected chi connectivity index (χ2v) is 3.28. The summed E-state index contributed by atoms with van der Waals surface area (Å²) in [5, 5.41) is 0. The molecule has 1 aromatic heterocycles. The summed E-state index contributed by atoms with van der Waals surface area (Å²) in [6, 6.07) is 0.995. The predicted octanol–water partition coefficient (Wildman–Crippen LogP) is 1.29. The number of rotatable bonds is 4. The van der Waals surface area contributed by atoms with Crippen LogP contribution in [-0.2, 0) is 16.0 Å². The van der Waals surface area contributed by atoms with Gasteiger partial charge in [0, 0.05) is 0 Å². The Balaban J connectivity index is 3.01. The Morgan fingerprint density at radius 2 is 2.18 bits per heavy atom. The maximum absolute atomic E-state index is 12.5. The molecule has 0 atom stereocenters. The van der Waals surface area contributed by atoms with Gasteiger partial charge in [-0.3, -0.25) is 4.79 Å². The molecule has 0 unspecified atom stereocenters. The second kappa shape index (κ2) is 5.42. The van der Waals surface area contributed by atoms with Crippen LogP contribution in [0.15, 0.2) is 6.07 Å². The van der Waals surface area contributed by atoms with Crippen LogP contribution in [0.25, 0.3) is 0 Å². The Bertz CT molecular complexity index is 424. The molecule has 0 aliphatic heterocycles. The summed E-state index contributed by atoms with van der Waals surface area (Å²) in [5.74, 6) is -0.586. The van der Waals surface area contributed by atoms with Gasteiger partial charge in [0.05, 0.1) is 30.1 Å². The van der Waals surface area contributed by atoms with E-state index in [2.05, 4.69) is 9.72 Å². The highest BCUT2D eigenvalue weighted by atomic mass is 19.3. The van der Waals surface area contributed by atoms with E-state index in [4.69, 9.17) is 11.5 Å². The zero-order valence-corrected chi connectivity index (χ0v) is 9.24. The third-order valence-corrected chi connectivity index (χ3v) is 2.03. The van der Waals surface area contributed by atoms with Crippen molar-refractivity contribution in [2.24, 2.45) is 0 Å². The molecule has 0 bridgehead atoms. The highest BCUT2D eigenvalue weighted by molar-refractivity contribution is 5.77. The SMILES string of the molecule is CCOC(=O)Cc1nc(C(F)F)cc(N)c1N. The van der Waals surface area contributed by atoms with Crippen LogP contribution >= 0.6 is 0 Å². The molecule has 1 heterocycles. The van der Waals surface area contributed by atoms with Gasteiger partial charge in [0.25, 0.3) is 6.43 Å². The maximum atomic E-state index is 12.5. The van der Waals surface area contributed by atoms with E-state index >= 15 is 0 Å². The number of ether oxygens (including phenoxy) is 1. The molecule has 0 fully saturated rings. The third kappa shape index (κ3) is 3.27. The third-order valence-electron chi connectivity index (χ3n) is 2.03. The number of halogens is 2. The van der Waals surface area contributed by atoms with Crippen LogP contribution in [0.5, 0.6) is 0 Å². The number of esters is 1. The Kier molecular flexibility index (Phi) is 4.19. The molecule has 5 nitrogen and oxygen atoms in total. The number of hydrogen-bond acceptors (Lipinski definition) is 5. The molecule has 0 aliphatic carbocycles. The molecule has 1 aromatic rings. The monoisotopic (exact) mass is 245 g/mol. The van der Waals surface area contributed by atoms with Crippen molar-refractivity contribution in [2.45, 2.75) is 19.8 Å². The number of aromatic nitrogens is 1. The van der Waals surface area contributed by atoms with Crippen molar-refractivity contribution in [3.05, 3.63) is 17.5 Å². The lowest BCUT2D eigenvalue weighted by atomic mass is 10.2. The molecule has 0 aromatic carbocycles. The molecule has 17 heavy (non-hydrogen) atoms. The highest BCUT2D eigenvalue weighted by Gasteiger charge is 2.17. The van der Waals surface area contributed by atoms with Crippen LogP contribution < -0.4 is 11.5 Å². The Labute approximate surface area is 96.8 Å². The molecule has 94 valence electrons. The van der Waals surface area contributed by atoms with Crippen LogP contribution in [0, 0.1) is 0 Å². The summed E-state index contributed by atoms with van der Waals surface area (Å²) in [6.07, 6.45) is -3.04. The number of nitrogen functional groups attached to an aromatic ring is 2. The minimum absolute atomic E-state index is 0.0127. The number of alkyl halides is 2. The van der Waals surface area contributed by atoms with Gasteiger partial charge in [-0.15, -0.1) is 0 Å². The van der Waals surface area contributed by atoms with E-state index in [0.29, 0.717) is 0 Å². The van der Waals surface area contributed by atoms with E-state index in [-0.39, 0.29) is 30.1 Å². The van der Waals surface area contributed by atoms with Crippen LogP contribution in [0.3, 0.4) is 0 Å². The van der Waals surface area contributed by atoms with Crippen molar-refractivity contribution in [2.75, 3.05) is 18.1 Å². The number of nitrogens with two attached hydrogens (primary N) is 2. The van der Waals surface area contributed by atoms with Crippen molar-refractivity contribution in [1.82, 2.24) is 4.98 Å². The molecular weight excluding hydrogens is 232 g/mol. The standard InChI is InChI=1S/C10H13F2N3O2/c1-2-17-8(16)4-6-9(14)5(13)3-7(15-6)10(11)12/h3,10H,2,4,14H2,1H3,(H2,13,15). The number of carbonyl (C=O) groups is 1. The Morgan fingerprint density at radius 1 is 1.53 bits per heavy atom. The molecule has 4 N–H and O–H groups in total. The molecule has 0 saturated heterocycles. The zero-order chi connectivity index (χ0) is 13.0. The second-order valence-electron chi connectivity index (χ2n) is 3.28. The van der Waals surface area contributed by atoms with Gasteiger partial charge in [0.2, 0.25) is 0 Å². The number of hydrogen-bond donors (Lipinski definition) is 2. The first kappa shape index (κ1) is 13.1. The van der Waals surface area contributed by atoms with Crippen molar-refractivity contribution >= 4 is 17.3 Å². The minimum atomic E-state index is -2.76. The van der Waals surface area contributed by atoms with E-state index in [1.807, 2.05) is 0 Å². The van der Waals surface area contributed by atoms with Gasteiger partial charge in [-0.05, 0) is 13.0 Å². The fraction of sp³-hybridized carbons (Fsp3) is 0.400. The molecule has 0 aliphatic rings. The maximum Gasteiger partial charge on any atom is 0.311 e. The lowest BCUT2D eigenvalue weighted by Gasteiger charge is -2.09. The quantitative estimate of drug-likeness (QED) is 0.780. The number of pyridine rings is 1. The molecule has 0 saturated carbocycles. The smallest absolute Gasteiger partial charge is 0.311 e. The van der Waals surface area contributed by atoms with E-state index in [1.54, 1.807) is 6.92 Å². The zero-order valence-electron chi connectivity index (χ0n) is 9.24. The first-order chi connectivity index (χ1) is 7.95. The van der Waals surface area contributed by atoms with Crippen LogP contribution in [0.4, 0.5) is 20.2 Å². The van der Waals surface area contributed by atoms with Gasteiger partial charge in [-0.1, -0.05) is 0 Å². The Morgan fingerprint density at radius 3 is 2.71 bits per heavy atom. The summed E-state index contributed by atoms with van der Waals surface area (Å²) >= 11 is 0. The number of anilines is 2. The average molecular weight is 245 g/mol. The van der Waals surface area contributed by atoms with Crippen molar-refractivity contribution in [3.63, 3.8) is 0 Å². The van der Waals surface area contributed by atoms with Crippen molar-refractivity contribution < 1.29 is 18.3 Å². The van der Waals surface area contributed by atoms with E-state index in [1.165, 1.54) is 0 Å². The average Bonchev–Trinajstić information content (AvgIpc) is 2.24. The lowest BCUT2D eigenvalue weighted by molar-refractivity contribution is -0.142. The largest absolute Gasteiger partial charge is 0.466 e. The van der Waals surface area contributed by atoms with Gasteiger partial charge in [-0.25, -0.2) is 13.8 Å². The predicted molar refractivity (Wildman–Crippen MR) is 58.4 cm³/mol. The first-order valence-corrected chi connectivity index (χ1v) is 4.94. The summed E-state index contributed by atoms with van der Waals surface area (Å²) in [5.41, 5.74) is 10.5. The molecule has 0 spiro atoms. The lowest BCUT2D eigenvalue weighted by Crippen LogP contribution is -2.13. The molecular formula is C10H13F2N3O2. The first-order valence-electron chi connectivity index (χ1n) is 4.94. The van der Waals surface area contributed by atoms with Crippen LogP contribution in [0.2, 0.25) is 0 Å². The van der Waals surface area contributed by atoms with Gasteiger partial charge >= 0.3 is 5.97 Å². The summed E-state index contributed by atoms with van der Waals surface area (Å²) < 4.78 is 29.6. The summed E-state index contributed by atoms with van der Waals surface area (Å²) in [6.45, 7) is 1.83.